The maximum atomic E-state index is 11.8. The Hall–Kier alpha value is -1.35. The van der Waals surface area contributed by atoms with Crippen LogP contribution < -0.4 is 11.1 Å². The molecule has 0 aliphatic rings. The van der Waals surface area contributed by atoms with Gasteiger partial charge < -0.3 is 16.0 Å². The lowest BCUT2D eigenvalue weighted by Gasteiger charge is -2.13. The number of likely N-dealkylation sites (N-methyl/N-ethyl adjacent to an activating group) is 1. The molecule has 0 fully saturated rings. The number of hydrogen-bond donors (Lipinski definition) is 2. The van der Waals surface area contributed by atoms with Crippen molar-refractivity contribution in [2.24, 2.45) is 5.73 Å². The van der Waals surface area contributed by atoms with Gasteiger partial charge in [0, 0.05) is 18.5 Å². The molecule has 0 radical (unpaired) electrons. The summed E-state index contributed by atoms with van der Waals surface area (Å²) in [5.74, 6) is 5.65. The number of rotatable bonds is 5. The first-order valence-corrected chi connectivity index (χ1v) is 6.79. The number of carbonyl (C=O) groups is 1. The first-order valence-electron chi connectivity index (χ1n) is 5.91. The van der Waals surface area contributed by atoms with Gasteiger partial charge in [-0.3, -0.25) is 4.79 Å². The van der Waals surface area contributed by atoms with Crippen LogP contribution in [-0.2, 0) is 0 Å². The fourth-order valence-electron chi connectivity index (χ4n) is 1.28. The van der Waals surface area contributed by atoms with Crippen molar-refractivity contribution >= 4 is 17.2 Å². The van der Waals surface area contributed by atoms with Crippen molar-refractivity contribution in [3.8, 4) is 11.8 Å². The minimum Gasteiger partial charge on any atom is -0.351 e. The van der Waals surface area contributed by atoms with Crippen LogP contribution in [0.5, 0.6) is 0 Å². The van der Waals surface area contributed by atoms with Gasteiger partial charge in [0.15, 0.2) is 0 Å². The molecule has 0 bridgehead atoms. The van der Waals surface area contributed by atoms with E-state index in [0.717, 1.165) is 18.0 Å². The number of nitrogens with two attached hydrogens (primary N) is 1. The van der Waals surface area contributed by atoms with Crippen LogP contribution in [0.4, 0.5) is 0 Å². The number of amides is 1. The van der Waals surface area contributed by atoms with Crippen LogP contribution in [0.25, 0.3) is 0 Å². The summed E-state index contributed by atoms with van der Waals surface area (Å²) in [6.07, 6.45) is 0. The average molecular weight is 265 g/mol. The van der Waals surface area contributed by atoms with Crippen molar-refractivity contribution in [2.75, 3.05) is 33.2 Å². The van der Waals surface area contributed by atoms with Gasteiger partial charge >= 0.3 is 0 Å². The maximum Gasteiger partial charge on any atom is 0.252 e. The van der Waals surface area contributed by atoms with Gasteiger partial charge in [-0.2, -0.15) is 0 Å². The van der Waals surface area contributed by atoms with Gasteiger partial charge in [-0.15, -0.1) is 11.3 Å². The number of hydrogen-bond acceptors (Lipinski definition) is 4. The zero-order chi connectivity index (χ0) is 13.4. The third-order valence-corrected chi connectivity index (χ3v) is 3.34. The molecular formula is C13H19N3OS. The van der Waals surface area contributed by atoms with Crippen molar-refractivity contribution in [3.63, 3.8) is 0 Å². The van der Waals surface area contributed by atoms with Crippen LogP contribution in [0.3, 0.4) is 0 Å². The smallest absolute Gasteiger partial charge is 0.252 e. The highest BCUT2D eigenvalue weighted by atomic mass is 32.1. The molecule has 0 aromatic carbocycles. The van der Waals surface area contributed by atoms with Gasteiger partial charge in [-0.25, -0.2) is 0 Å². The zero-order valence-corrected chi connectivity index (χ0v) is 11.6. The summed E-state index contributed by atoms with van der Waals surface area (Å²) in [6, 6.07) is 1.80. The molecule has 1 heterocycles. The molecule has 0 aliphatic carbocycles. The van der Waals surface area contributed by atoms with Crippen molar-refractivity contribution < 1.29 is 4.79 Å². The summed E-state index contributed by atoms with van der Waals surface area (Å²) in [4.78, 5) is 14.8. The van der Waals surface area contributed by atoms with Crippen LogP contribution >= 0.6 is 11.3 Å². The van der Waals surface area contributed by atoms with E-state index >= 15 is 0 Å². The van der Waals surface area contributed by atoms with Gasteiger partial charge in [0.1, 0.15) is 0 Å². The second-order valence-corrected chi connectivity index (χ2v) is 4.77. The van der Waals surface area contributed by atoms with E-state index in [9.17, 15) is 4.79 Å². The van der Waals surface area contributed by atoms with Gasteiger partial charge in [-0.05, 0) is 19.7 Å². The fraction of sp³-hybridized carbons (Fsp3) is 0.462. The molecule has 0 spiro atoms. The third-order valence-electron chi connectivity index (χ3n) is 2.49. The van der Waals surface area contributed by atoms with E-state index in [-0.39, 0.29) is 5.91 Å². The fourth-order valence-corrected chi connectivity index (χ4v) is 2.03. The van der Waals surface area contributed by atoms with Crippen molar-refractivity contribution in [3.05, 3.63) is 21.9 Å². The van der Waals surface area contributed by atoms with Gasteiger partial charge in [0.2, 0.25) is 0 Å². The number of thiophene rings is 1. The molecule has 98 valence electrons. The molecule has 1 amide bonds. The Morgan fingerprint density at radius 3 is 3.06 bits per heavy atom. The largest absolute Gasteiger partial charge is 0.351 e. The third kappa shape index (κ3) is 4.88. The van der Waals surface area contributed by atoms with Gasteiger partial charge in [0.25, 0.3) is 5.91 Å². The molecule has 1 aromatic rings. The molecule has 3 N–H and O–H groups in total. The summed E-state index contributed by atoms with van der Waals surface area (Å²) >= 11 is 1.46. The second-order valence-electron chi connectivity index (χ2n) is 3.86. The van der Waals surface area contributed by atoms with E-state index in [1.165, 1.54) is 11.3 Å². The molecule has 0 unspecified atom stereocenters. The minimum atomic E-state index is -0.0449. The first kappa shape index (κ1) is 14.7. The Kier molecular flexibility index (Phi) is 6.44. The lowest BCUT2D eigenvalue weighted by atomic mass is 10.3. The molecule has 18 heavy (non-hydrogen) atoms. The maximum absolute atomic E-state index is 11.8. The minimum absolute atomic E-state index is 0.0449. The Balaban J connectivity index is 2.44. The monoisotopic (exact) mass is 265 g/mol. The predicted molar refractivity (Wildman–Crippen MR) is 75.8 cm³/mol. The van der Waals surface area contributed by atoms with Crippen LogP contribution in [0.2, 0.25) is 0 Å². The lowest BCUT2D eigenvalue weighted by Crippen LogP contribution is -2.32. The standard InChI is InChI=1S/C13H19N3OS/c1-3-16(2)8-7-15-13(17)11-9-12(18-10-11)5-4-6-14/h9-10H,3,6-8,14H2,1-2H3,(H,15,17). The molecular weight excluding hydrogens is 246 g/mol. The molecule has 0 saturated carbocycles. The quantitative estimate of drug-likeness (QED) is 0.772. The highest BCUT2D eigenvalue weighted by molar-refractivity contribution is 7.10. The van der Waals surface area contributed by atoms with E-state index in [1.54, 1.807) is 6.07 Å². The van der Waals surface area contributed by atoms with E-state index < -0.39 is 0 Å². The van der Waals surface area contributed by atoms with Crippen LogP contribution in [0, 0.1) is 11.8 Å². The number of carbonyl (C=O) groups excluding carboxylic acids is 1. The zero-order valence-electron chi connectivity index (χ0n) is 10.8. The van der Waals surface area contributed by atoms with Gasteiger partial charge in [0.05, 0.1) is 17.0 Å². The van der Waals surface area contributed by atoms with E-state index in [1.807, 2.05) is 12.4 Å². The average Bonchev–Trinajstić information content (AvgIpc) is 2.84. The van der Waals surface area contributed by atoms with E-state index in [0.29, 0.717) is 18.7 Å². The highest BCUT2D eigenvalue weighted by Crippen LogP contribution is 2.13. The highest BCUT2D eigenvalue weighted by Gasteiger charge is 2.07. The number of nitrogens with zero attached hydrogens (tertiary/aromatic N) is 1. The Morgan fingerprint density at radius 1 is 1.61 bits per heavy atom. The topological polar surface area (TPSA) is 58.4 Å². The predicted octanol–water partition coefficient (Wildman–Crippen LogP) is 0.740. The normalized spacial score (nSPS) is 10.0. The second kappa shape index (κ2) is 7.88. The van der Waals surface area contributed by atoms with Gasteiger partial charge in [-0.1, -0.05) is 18.8 Å². The van der Waals surface area contributed by atoms with Crippen molar-refractivity contribution in [1.29, 1.82) is 0 Å². The summed E-state index contributed by atoms with van der Waals surface area (Å²) < 4.78 is 0. The van der Waals surface area contributed by atoms with Crippen LogP contribution in [-0.4, -0.2) is 44.0 Å². The molecule has 0 atom stereocenters. The SMILES string of the molecule is CCN(C)CCNC(=O)c1csc(C#CCN)c1. The summed E-state index contributed by atoms with van der Waals surface area (Å²) in [5.41, 5.74) is 5.96. The number of nitrogens with one attached hydrogen (secondary N) is 1. The van der Waals surface area contributed by atoms with Crippen LogP contribution in [0.1, 0.15) is 22.2 Å². The Labute approximate surface area is 112 Å². The Bertz CT molecular complexity index is 445. The molecule has 5 heteroatoms. The Morgan fingerprint density at radius 2 is 2.39 bits per heavy atom. The van der Waals surface area contributed by atoms with E-state index in [2.05, 4.69) is 29.0 Å². The molecule has 1 rings (SSSR count). The summed E-state index contributed by atoms with van der Waals surface area (Å²) in [6.45, 7) is 4.91. The molecule has 1 aromatic heterocycles. The lowest BCUT2D eigenvalue weighted by molar-refractivity contribution is 0.0950. The molecule has 0 saturated heterocycles. The first-order chi connectivity index (χ1) is 8.67. The van der Waals surface area contributed by atoms with Crippen molar-refractivity contribution in [2.45, 2.75) is 6.92 Å². The summed E-state index contributed by atoms with van der Waals surface area (Å²) in [7, 11) is 2.03. The van der Waals surface area contributed by atoms with Crippen LogP contribution in [0.15, 0.2) is 11.4 Å². The summed E-state index contributed by atoms with van der Waals surface area (Å²) in [5, 5.41) is 4.71. The van der Waals surface area contributed by atoms with Crippen molar-refractivity contribution in [1.82, 2.24) is 10.2 Å². The molecule has 4 nitrogen and oxygen atoms in total. The van der Waals surface area contributed by atoms with E-state index in [4.69, 9.17) is 5.73 Å². The molecule has 0 aliphatic heterocycles.